The molecule has 1 heterocycles. The van der Waals surface area contributed by atoms with Crippen LogP contribution < -0.4 is 5.32 Å². The van der Waals surface area contributed by atoms with Crippen molar-refractivity contribution in [2.24, 2.45) is 11.8 Å². The van der Waals surface area contributed by atoms with E-state index in [0.29, 0.717) is 5.92 Å². The normalized spacial score (nSPS) is 22.2. The molecule has 1 atom stereocenters. The second kappa shape index (κ2) is 8.67. The van der Waals surface area contributed by atoms with Crippen LogP contribution >= 0.6 is 0 Å². The number of carbonyl (C=O) groups excluding carboxylic acids is 2. The van der Waals surface area contributed by atoms with Gasteiger partial charge in [-0.3, -0.25) is 9.59 Å². The van der Waals surface area contributed by atoms with Crippen molar-refractivity contribution in [3.8, 4) is 0 Å². The lowest BCUT2D eigenvalue weighted by atomic mass is 9.88. The highest BCUT2D eigenvalue weighted by Gasteiger charge is 2.30. The summed E-state index contributed by atoms with van der Waals surface area (Å²) in [6.45, 7) is 7.58. The number of nitrogens with zero attached hydrogens (tertiary/aromatic N) is 2. The Balaban J connectivity index is 1.95. The van der Waals surface area contributed by atoms with Crippen LogP contribution in [0.1, 0.15) is 52.4 Å². The molecule has 5 nitrogen and oxygen atoms in total. The number of hydrogen-bond donors (Lipinski definition) is 1. The summed E-state index contributed by atoms with van der Waals surface area (Å²) < 4.78 is 0. The van der Waals surface area contributed by atoms with E-state index in [1.54, 1.807) is 0 Å². The van der Waals surface area contributed by atoms with Crippen molar-refractivity contribution in [3.63, 3.8) is 0 Å². The Bertz CT molecular complexity index is 397. The zero-order valence-electron chi connectivity index (χ0n) is 15.0. The first kappa shape index (κ1) is 18.2. The Morgan fingerprint density at radius 1 is 1.04 bits per heavy atom. The van der Waals surface area contributed by atoms with E-state index in [1.807, 2.05) is 4.90 Å². The van der Waals surface area contributed by atoms with Crippen molar-refractivity contribution in [2.45, 2.75) is 58.4 Å². The third kappa shape index (κ3) is 5.48. The summed E-state index contributed by atoms with van der Waals surface area (Å²) in [4.78, 5) is 29.6. The lowest BCUT2D eigenvalue weighted by Crippen LogP contribution is -2.55. The van der Waals surface area contributed by atoms with Crippen LogP contribution in [0, 0.1) is 11.8 Å². The summed E-state index contributed by atoms with van der Waals surface area (Å²) in [6, 6.07) is -0.354. The molecular formula is C18H33N3O2. The van der Waals surface area contributed by atoms with Crippen molar-refractivity contribution in [1.29, 1.82) is 0 Å². The van der Waals surface area contributed by atoms with Gasteiger partial charge in [0, 0.05) is 32.1 Å². The van der Waals surface area contributed by atoms with Gasteiger partial charge in [-0.05, 0) is 32.2 Å². The SMILES string of the molecule is CC(C)C[C@@H](NC(=O)C1CCCCC1)C(=O)N1CCN(C)CC1. The Labute approximate surface area is 140 Å². The lowest BCUT2D eigenvalue weighted by molar-refractivity contribution is -0.139. The molecule has 1 saturated carbocycles. The van der Waals surface area contributed by atoms with Crippen molar-refractivity contribution in [1.82, 2.24) is 15.1 Å². The molecule has 23 heavy (non-hydrogen) atoms. The highest BCUT2D eigenvalue weighted by Crippen LogP contribution is 2.24. The number of likely N-dealkylation sites (N-methyl/N-ethyl adjacent to an activating group) is 1. The second-order valence-electron chi connectivity index (χ2n) is 7.65. The maximum Gasteiger partial charge on any atom is 0.245 e. The zero-order chi connectivity index (χ0) is 16.8. The van der Waals surface area contributed by atoms with Gasteiger partial charge in [-0.15, -0.1) is 0 Å². The lowest BCUT2D eigenvalue weighted by Gasteiger charge is -2.35. The first-order valence-electron chi connectivity index (χ1n) is 9.25. The van der Waals surface area contributed by atoms with Gasteiger partial charge >= 0.3 is 0 Å². The predicted octanol–water partition coefficient (Wildman–Crippen LogP) is 1.87. The van der Waals surface area contributed by atoms with E-state index < -0.39 is 0 Å². The van der Waals surface area contributed by atoms with Gasteiger partial charge in [-0.25, -0.2) is 0 Å². The van der Waals surface area contributed by atoms with Crippen molar-refractivity contribution in [2.75, 3.05) is 33.2 Å². The maximum atomic E-state index is 12.9. The minimum atomic E-state index is -0.354. The van der Waals surface area contributed by atoms with E-state index >= 15 is 0 Å². The maximum absolute atomic E-state index is 12.9. The molecule has 5 heteroatoms. The topological polar surface area (TPSA) is 52.7 Å². The molecule has 1 saturated heterocycles. The molecule has 2 amide bonds. The minimum absolute atomic E-state index is 0.0952. The van der Waals surface area contributed by atoms with Gasteiger partial charge in [0.2, 0.25) is 11.8 Å². The molecule has 2 fully saturated rings. The molecular weight excluding hydrogens is 290 g/mol. The number of nitrogens with one attached hydrogen (secondary N) is 1. The quantitative estimate of drug-likeness (QED) is 0.840. The average Bonchev–Trinajstić information content (AvgIpc) is 2.54. The van der Waals surface area contributed by atoms with Crippen LogP contribution in [-0.2, 0) is 9.59 Å². The summed E-state index contributed by atoms with van der Waals surface area (Å²) in [5.41, 5.74) is 0. The molecule has 132 valence electrons. The number of piperazine rings is 1. The molecule has 2 aliphatic rings. The molecule has 1 N–H and O–H groups in total. The van der Waals surface area contributed by atoms with E-state index in [1.165, 1.54) is 6.42 Å². The standard InChI is InChI=1S/C18H33N3O2/c1-14(2)13-16(18(23)21-11-9-20(3)10-12-21)19-17(22)15-7-5-4-6-8-15/h14-16H,4-13H2,1-3H3,(H,19,22)/t16-/m1/s1. The molecule has 1 aliphatic carbocycles. The van der Waals surface area contributed by atoms with Gasteiger partial charge in [-0.1, -0.05) is 33.1 Å². The van der Waals surface area contributed by atoms with E-state index in [-0.39, 0.29) is 23.8 Å². The highest BCUT2D eigenvalue weighted by atomic mass is 16.2. The predicted molar refractivity (Wildman–Crippen MR) is 92.0 cm³/mol. The minimum Gasteiger partial charge on any atom is -0.344 e. The summed E-state index contributed by atoms with van der Waals surface area (Å²) in [5, 5.41) is 3.08. The smallest absolute Gasteiger partial charge is 0.245 e. The van der Waals surface area contributed by atoms with Crippen LogP contribution in [0.15, 0.2) is 0 Å². The highest BCUT2D eigenvalue weighted by molar-refractivity contribution is 5.88. The third-order valence-electron chi connectivity index (χ3n) is 5.11. The molecule has 2 rings (SSSR count). The zero-order valence-corrected chi connectivity index (χ0v) is 15.0. The molecule has 0 aromatic carbocycles. The molecule has 0 aromatic rings. The summed E-state index contributed by atoms with van der Waals surface area (Å²) >= 11 is 0. The fraction of sp³-hybridized carbons (Fsp3) is 0.889. The van der Waals surface area contributed by atoms with Crippen LogP contribution in [0.4, 0.5) is 0 Å². The van der Waals surface area contributed by atoms with Crippen LogP contribution in [0.5, 0.6) is 0 Å². The Morgan fingerprint density at radius 2 is 1.65 bits per heavy atom. The summed E-state index contributed by atoms with van der Waals surface area (Å²) in [6.07, 6.45) is 6.19. The molecule has 0 radical (unpaired) electrons. The number of amides is 2. The van der Waals surface area contributed by atoms with E-state index in [0.717, 1.165) is 58.3 Å². The van der Waals surface area contributed by atoms with Crippen LogP contribution in [-0.4, -0.2) is 60.9 Å². The third-order valence-corrected chi connectivity index (χ3v) is 5.11. The van der Waals surface area contributed by atoms with Crippen LogP contribution in [0.2, 0.25) is 0 Å². The Kier molecular flexibility index (Phi) is 6.88. The monoisotopic (exact) mass is 323 g/mol. The van der Waals surface area contributed by atoms with Crippen molar-refractivity contribution < 1.29 is 9.59 Å². The van der Waals surface area contributed by atoms with E-state index in [4.69, 9.17) is 0 Å². The molecule has 0 unspecified atom stereocenters. The molecule has 0 bridgehead atoms. The fourth-order valence-electron chi connectivity index (χ4n) is 3.59. The van der Waals surface area contributed by atoms with Crippen LogP contribution in [0.25, 0.3) is 0 Å². The first-order chi connectivity index (χ1) is 11.0. The molecule has 0 aromatic heterocycles. The second-order valence-corrected chi connectivity index (χ2v) is 7.65. The summed E-state index contributed by atoms with van der Waals surface area (Å²) in [7, 11) is 2.08. The van der Waals surface area contributed by atoms with Gasteiger partial charge in [-0.2, -0.15) is 0 Å². The molecule has 1 aliphatic heterocycles. The number of hydrogen-bond acceptors (Lipinski definition) is 3. The fourth-order valence-corrected chi connectivity index (χ4v) is 3.59. The van der Waals surface area contributed by atoms with Crippen LogP contribution in [0.3, 0.4) is 0 Å². The van der Waals surface area contributed by atoms with E-state index in [2.05, 4.69) is 31.1 Å². The van der Waals surface area contributed by atoms with Gasteiger partial charge < -0.3 is 15.1 Å². The van der Waals surface area contributed by atoms with Gasteiger partial charge in [0.25, 0.3) is 0 Å². The number of rotatable bonds is 5. The van der Waals surface area contributed by atoms with Crippen molar-refractivity contribution >= 4 is 11.8 Å². The average molecular weight is 323 g/mol. The van der Waals surface area contributed by atoms with Gasteiger partial charge in [0.05, 0.1) is 0 Å². The summed E-state index contributed by atoms with van der Waals surface area (Å²) in [5.74, 6) is 0.704. The Hall–Kier alpha value is -1.10. The van der Waals surface area contributed by atoms with Gasteiger partial charge in [0.15, 0.2) is 0 Å². The largest absolute Gasteiger partial charge is 0.344 e. The van der Waals surface area contributed by atoms with Crippen molar-refractivity contribution in [3.05, 3.63) is 0 Å². The Morgan fingerprint density at radius 3 is 2.22 bits per heavy atom. The van der Waals surface area contributed by atoms with E-state index in [9.17, 15) is 9.59 Å². The number of carbonyl (C=O) groups is 2. The van der Waals surface area contributed by atoms with Gasteiger partial charge in [0.1, 0.15) is 6.04 Å². The molecule has 0 spiro atoms. The first-order valence-corrected chi connectivity index (χ1v) is 9.25.